The summed E-state index contributed by atoms with van der Waals surface area (Å²) in [4.78, 5) is 15.7. The number of nitrogens with one attached hydrogen (secondary N) is 2. The zero-order chi connectivity index (χ0) is 20.3. The van der Waals surface area contributed by atoms with Gasteiger partial charge in [-0.15, -0.1) is 0 Å². The predicted octanol–water partition coefficient (Wildman–Crippen LogP) is 2.08. The summed E-state index contributed by atoms with van der Waals surface area (Å²) < 4.78 is 12.4. The largest absolute Gasteiger partial charge is 0.382 e. The molecule has 3 rings (SSSR count). The SMILES string of the molecule is [N-]=[N+]=NCCOCCOCCNc1cccc2cnn(C3CCCNC3)c(=O)c12. The summed E-state index contributed by atoms with van der Waals surface area (Å²) in [6.45, 7) is 4.44. The fraction of sp³-hybridized carbons (Fsp3) is 0.579. The Kier molecular flexibility index (Phi) is 8.26. The van der Waals surface area contributed by atoms with Crippen LogP contribution >= 0.6 is 0 Å². The van der Waals surface area contributed by atoms with Gasteiger partial charge in [0.1, 0.15) is 0 Å². The molecule has 0 aliphatic carbocycles. The van der Waals surface area contributed by atoms with Crippen LogP contribution < -0.4 is 16.2 Å². The summed E-state index contributed by atoms with van der Waals surface area (Å²) >= 11 is 0. The van der Waals surface area contributed by atoms with Crippen molar-refractivity contribution in [3.63, 3.8) is 0 Å². The molecule has 0 spiro atoms. The van der Waals surface area contributed by atoms with Gasteiger partial charge in [-0.3, -0.25) is 4.79 Å². The Morgan fingerprint density at radius 3 is 2.97 bits per heavy atom. The van der Waals surface area contributed by atoms with E-state index in [1.54, 1.807) is 10.9 Å². The summed E-state index contributed by atoms with van der Waals surface area (Å²) in [5.74, 6) is 0. The van der Waals surface area contributed by atoms with Gasteiger partial charge in [0.2, 0.25) is 0 Å². The topological polar surface area (TPSA) is 126 Å². The first-order chi connectivity index (χ1) is 14.3. The molecule has 10 nitrogen and oxygen atoms in total. The second-order valence-corrected chi connectivity index (χ2v) is 6.77. The molecular weight excluding hydrogens is 374 g/mol. The fourth-order valence-corrected chi connectivity index (χ4v) is 3.39. The van der Waals surface area contributed by atoms with Crippen LogP contribution in [0.5, 0.6) is 0 Å². The number of rotatable bonds is 11. The molecule has 1 aromatic carbocycles. The van der Waals surface area contributed by atoms with Crippen molar-refractivity contribution in [1.29, 1.82) is 0 Å². The lowest BCUT2D eigenvalue weighted by Gasteiger charge is -2.24. The van der Waals surface area contributed by atoms with Crippen molar-refractivity contribution in [3.8, 4) is 0 Å². The van der Waals surface area contributed by atoms with Crippen molar-refractivity contribution in [2.24, 2.45) is 5.11 Å². The molecule has 29 heavy (non-hydrogen) atoms. The first-order valence-corrected chi connectivity index (χ1v) is 9.92. The quantitative estimate of drug-likeness (QED) is 0.257. The van der Waals surface area contributed by atoms with Crippen molar-refractivity contribution < 1.29 is 9.47 Å². The molecule has 1 unspecified atom stereocenters. The molecule has 0 amide bonds. The molecule has 0 radical (unpaired) electrons. The maximum atomic E-state index is 13.1. The second-order valence-electron chi connectivity index (χ2n) is 6.77. The first kappa shape index (κ1) is 21.1. The molecule has 1 aliphatic rings. The van der Waals surface area contributed by atoms with E-state index in [2.05, 4.69) is 25.8 Å². The third-order valence-corrected chi connectivity index (χ3v) is 4.79. The van der Waals surface area contributed by atoms with Crippen LogP contribution in [-0.4, -0.2) is 62.4 Å². The van der Waals surface area contributed by atoms with E-state index in [1.807, 2.05) is 18.2 Å². The Labute approximate surface area is 168 Å². The molecule has 1 saturated heterocycles. The van der Waals surface area contributed by atoms with Crippen LogP contribution in [0.3, 0.4) is 0 Å². The molecular formula is C19H27N7O3. The van der Waals surface area contributed by atoms with Gasteiger partial charge in [-0.1, -0.05) is 17.2 Å². The lowest BCUT2D eigenvalue weighted by Crippen LogP contribution is -2.37. The average Bonchev–Trinajstić information content (AvgIpc) is 2.76. The Hall–Kier alpha value is -2.65. The molecule has 0 saturated carbocycles. The third kappa shape index (κ3) is 5.91. The number of nitrogens with zero attached hydrogens (tertiary/aromatic N) is 5. The number of piperidine rings is 1. The van der Waals surface area contributed by atoms with E-state index in [4.69, 9.17) is 15.0 Å². The number of fused-ring (bicyclic) bond motifs is 1. The summed E-state index contributed by atoms with van der Waals surface area (Å²) in [5, 5.41) is 15.9. The Balaban J connectivity index is 1.54. The van der Waals surface area contributed by atoms with E-state index in [9.17, 15) is 4.79 Å². The summed E-state index contributed by atoms with van der Waals surface area (Å²) in [7, 11) is 0. The molecule has 1 aromatic heterocycles. The van der Waals surface area contributed by atoms with E-state index in [1.165, 1.54) is 0 Å². The number of hydrogen-bond donors (Lipinski definition) is 2. The minimum absolute atomic E-state index is 0.0614. The number of aromatic nitrogens is 2. The molecule has 10 heteroatoms. The van der Waals surface area contributed by atoms with Crippen LogP contribution in [-0.2, 0) is 9.47 Å². The lowest BCUT2D eigenvalue weighted by molar-refractivity contribution is 0.0548. The van der Waals surface area contributed by atoms with E-state index in [0.717, 1.165) is 37.0 Å². The van der Waals surface area contributed by atoms with Gasteiger partial charge in [0, 0.05) is 35.6 Å². The van der Waals surface area contributed by atoms with Crippen LogP contribution in [0.15, 0.2) is 34.3 Å². The van der Waals surface area contributed by atoms with Gasteiger partial charge in [0.15, 0.2) is 0 Å². The Bertz CT molecular complexity index is 889. The Morgan fingerprint density at radius 1 is 1.31 bits per heavy atom. The average molecular weight is 401 g/mol. The molecule has 0 bridgehead atoms. The van der Waals surface area contributed by atoms with Crippen LogP contribution in [0.4, 0.5) is 5.69 Å². The van der Waals surface area contributed by atoms with Crippen molar-refractivity contribution in [1.82, 2.24) is 15.1 Å². The van der Waals surface area contributed by atoms with Crippen LogP contribution in [0, 0.1) is 0 Å². The summed E-state index contributed by atoms with van der Waals surface area (Å²) in [5.41, 5.74) is 8.90. The molecule has 1 atom stereocenters. The van der Waals surface area contributed by atoms with Crippen LogP contribution in [0.2, 0.25) is 0 Å². The first-order valence-electron chi connectivity index (χ1n) is 9.92. The molecule has 2 aromatic rings. The highest BCUT2D eigenvalue weighted by Crippen LogP contribution is 2.21. The van der Waals surface area contributed by atoms with Gasteiger partial charge >= 0.3 is 0 Å². The van der Waals surface area contributed by atoms with Crippen molar-refractivity contribution in [2.45, 2.75) is 18.9 Å². The highest BCUT2D eigenvalue weighted by Gasteiger charge is 2.19. The summed E-state index contributed by atoms with van der Waals surface area (Å²) in [6, 6.07) is 5.82. The maximum Gasteiger partial charge on any atom is 0.277 e. The molecule has 156 valence electrons. The zero-order valence-corrected chi connectivity index (χ0v) is 16.4. The van der Waals surface area contributed by atoms with Gasteiger partial charge in [0.25, 0.3) is 5.56 Å². The summed E-state index contributed by atoms with van der Waals surface area (Å²) in [6.07, 6.45) is 3.77. The molecule has 2 heterocycles. The van der Waals surface area contributed by atoms with E-state index < -0.39 is 0 Å². The van der Waals surface area contributed by atoms with Gasteiger partial charge in [0.05, 0.1) is 44.1 Å². The number of benzene rings is 1. The van der Waals surface area contributed by atoms with E-state index >= 15 is 0 Å². The van der Waals surface area contributed by atoms with E-state index in [0.29, 0.717) is 44.9 Å². The van der Waals surface area contributed by atoms with Crippen molar-refractivity contribution in [3.05, 3.63) is 45.2 Å². The van der Waals surface area contributed by atoms with Crippen molar-refractivity contribution >= 4 is 16.5 Å². The number of azide groups is 1. The molecule has 1 fully saturated rings. The highest BCUT2D eigenvalue weighted by molar-refractivity contribution is 5.92. The minimum atomic E-state index is -0.0614. The monoisotopic (exact) mass is 401 g/mol. The molecule has 2 N–H and O–H groups in total. The van der Waals surface area contributed by atoms with Crippen LogP contribution in [0.25, 0.3) is 21.2 Å². The van der Waals surface area contributed by atoms with Gasteiger partial charge in [-0.2, -0.15) is 5.10 Å². The normalized spacial score (nSPS) is 16.5. The third-order valence-electron chi connectivity index (χ3n) is 4.79. The van der Waals surface area contributed by atoms with Crippen LogP contribution in [0.1, 0.15) is 18.9 Å². The van der Waals surface area contributed by atoms with Gasteiger partial charge in [-0.25, -0.2) is 4.68 Å². The lowest BCUT2D eigenvalue weighted by atomic mass is 10.1. The standard InChI is InChI=1S/C19H27N7O3/c20-25-23-8-10-29-12-11-28-9-7-22-17-5-1-3-15-13-24-26(19(27)18(15)17)16-4-2-6-21-14-16/h1,3,5,13,16,21-22H,2,4,6-12,14H2. The predicted molar refractivity (Wildman–Crippen MR) is 111 cm³/mol. The zero-order valence-electron chi connectivity index (χ0n) is 16.4. The highest BCUT2D eigenvalue weighted by atomic mass is 16.5. The maximum absolute atomic E-state index is 13.1. The number of ether oxygens (including phenoxy) is 2. The van der Waals surface area contributed by atoms with E-state index in [-0.39, 0.29) is 11.6 Å². The number of anilines is 1. The van der Waals surface area contributed by atoms with Gasteiger partial charge < -0.3 is 20.1 Å². The Morgan fingerprint density at radius 2 is 2.17 bits per heavy atom. The smallest absolute Gasteiger partial charge is 0.277 e. The fourth-order valence-electron chi connectivity index (χ4n) is 3.39. The molecule has 1 aliphatic heterocycles. The second kappa shape index (κ2) is 11.4. The minimum Gasteiger partial charge on any atom is -0.382 e. The van der Waals surface area contributed by atoms with Gasteiger partial charge in [-0.05, 0) is 31.0 Å². The number of hydrogen-bond acceptors (Lipinski definition) is 7. The van der Waals surface area contributed by atoms with Crippen molar-refractivity contribution in [2.75, 3.05) is 57.9 Å².